The molecule has 3 aromatic carbocycles. The molecule has 0 fully saturated rings. The summed E-state index contributed by atoms with van der Waals surface area (Å²) in [6.45, 7) is -0.377. The van der Waals surface area contributed by atoms with Gasteiger partial charge in [-0.15, -0.1) is 0 Å². The molecule has 8 nitrogen and oxygen atoms in total. The summed E-state index contributed by atoms with van der Waals surface area (Å²) in [5.41, 5.74) is 3.01. The molecule has 3 aromatic rings. The molecular weight excluding hydrogens is 418 g/mol. The van der Waals surface area contributed by atoms with E-state index in [-0.39, 0.29) is 11.4 Å². The molecule has 1 amide bonds. The Balaban J connectivity index is 1.64. The van der Waals surface area contributed by atoms with Crippen LogP contribution in [0.1, 0.15) is 5.56 Å². The average Bonchev–Trinajstić information content (AvgIpc) is 2.78. The van der Waals surface area contributed by atoms with E-state index in [0.717, 1.165) is 15.1 Å². The molecule has 1 N–H and O–H groups in total. The van der Waals surface area contributed by atoms with Crippen LogP contribution < -0.4 is 14.9 Å². The Morgan fingerprint density at radius 1 is 1.00 bits per heavy atom. The van der Waals surface area contributed by atoms with Crippen LogP contribution >= 0.6 is 0 Å². The predicted molar refractivity (Wildman–Crippen MR) is 119 cm³/mol. The molecule has 0 bridgehead atoms. The molecule has 3 rings (SSSR count). The van der Waals surface area contributed by atoms with Crippen LogP contribution in [0.4, 0.5) is 0 Å². The first kappa shape index (κ1) is 22.3. The maximum absolute atomic E-state index is 12.8. The number of hydrazone groups is 1. The van der Waals surface area contributed by atoms with Gasteiger partial charge in [-0.3, -0.25) is 4.79 Å². The van der Waals surface area contributed by atoms with E-state index >= 15 is 0 Å². The Hall–Kier alpha value is -3.43. The van der Waals surface area contributed by atoms with E-state index in [1.54, 1.807) is 30.3 Å². The Bertz CT molecular complexity index is 1220. The number of nitrogens with zero attached hydrogens (tertiary/aromatic N) is 2. The van der Waals surface area contributed by atoms with E-state index < -0.39 is 15.9 Å². The zero-order valence-electron chi connectivity index (χ0n) is 17.4. The molecule has 0 saturated heterocycles. The minimum absolute atomic E-state index is 0.121. The number of sulfonamides is 1. The number of hydrogen-bond acceptors (Lipinski definition) is 6. The van der Waals surface area contributed by atoms with Crippen molar-refractivity contribution in [3.8, 4) is 11.5 Å². The predicted octanol–water partition coefficient (Wildman–Crippen LogP) is 2.63. The molecule has 0 aromatic heterocycles. The van der Waals surface area contributed by atoms with Gasteiger partial charge >= 0.3 is 0 Å². The third-order valence-corrected chi connectivity index (χ3v) is 6.41. The van der Waals surface area contributed by atoms with Gasteiger partial charge in [0.1, 0.15) is 0 Å². The van der Waals surface area contributed by atoms with Crippen molar-refractivity contribution in [3.63, 3.8) is 0 Å². The van der Waals surface area contributed by atoms with E-state index in [1.165, 1.54) is 33.5 Å². The summed E-state index contributed by atoms with van der Waals surface area (Å²) in [5.74, 6) is 0.534. The number of carbonyl (C=O) groups excluding carboxylic acids is 1. The molecule has 31 heavy (non-hydrogen) atoms. The van der Waals surface area contributed by atoms with Crippen molar-refractivity contribution in [2.75, 3.05) is 27.8 Å². The number of fused-ring (bicyclic) bond motifs is 1. The summed E-state index contributed by atoms with van der Waals surface area (Å²) in [5, 5.41) is 5.62. The number of ether oxygens (including phenoxy) is 2. The van der Waals surface area contributed by atoms with E-state index in [0.29, 0.717) is 17.1 Å². The highest BCUT2D eigenvalue weighted by Gasteiger charge is 2.23. The summed E-state index contributed by atoms with van der Waals surface area (Å²) >= 11 is 0. The van der Waals surface area contributed by atoms with Gasteiger partial charge in [-0.2, -0.15) is 9.41 Å². The van der Waals surface area contributed by atoms with Gasteiger partial charge in [0.15, 0.2) is 11.5 Å². The number of likely N-dealkylation sites (N-methyl/N-ethyl adjacent to an activating group) is 1. The molecule has 0 saturated carbocycles. The summed E-state index contributed by atoms with van der Waals surface area (Å²) in [7, 11) is 0.576. The highest BCUT2D eigenvalue weighted by molar-refractivity contribution is 7.89. The molecule has 0 aliphatic rings. The normalized spacial score (nSPS) is 11.7. The van der Waals surface area contributed by atoms with Gasteiger partial charge in [0.2, 0.25) is 10.0 Å². The van der Waals surface area contributed by atoms with Gasteiger partial charge in [0, 0.05) is 7.05 Å². The number of hydrogen-bond donors (Lipinski definition) is 1. The number of carbonyl (C=O) groups is 1. The maximum Gasteiger partial charge on any atom is 0.255 e. The lowest BCUT2D eigenvalue weighted by Gasteiger charge is -2.16. The van der Waals surface area contributed by atoms with Crippen molar-refractivity contribution in [1.29, 1.82) is 0 Å². The topological polar surface area (TPSA) is 97.3 Å². The lowest BCUT2D eigenvalue weighted by Crippen LogP contribution is -2.36. The van der Waals surface area contributed by atoms with Gasteiger partial charge in [0.25, 0.3) is 5.91 Å². The summed E-state index contributed by atoms with van der Waals surface area (Å²) in [6, 6.07) is 17.5. The van der Waals surface area contributed by atoms with Crippen LogP contribution in [-0.2, 0) is 14.8 Å². The Morgan fingerprint density at radius 2 is 1.71 bits per heavy atom. The molecule has 0 spiro atoms. The highest BCUT2D eigenvalue weighted by atomic mass is 32.2. The van der Waals surface area contributed by atoms with Gasteiger partial charge in [-0.1, -0.05) is 30.3 Å². The SMILES string of the molecule is COc1ccc(C=NNC(=O)CN(C)S(=O)(=O)c2ccc3ccccc3c2)cc1OC. The van der Waals surface area contributed by atoms with Crippen LogP contribution in [0.25, 0.3) is 10.8 Å². The molecule has 9 heteroatoms. The summed E-state index contributed by atoms with van der Waals surface area (Å²) in [4.78, 5) is 12.3. The second kappa shape index (κ2) is 9.59. The third kappa shape index (κ3) is 5.19. The molecule has 162 valence electrons. The largest absolute Gasteiger partial charge is 0.493 e. The van der Waals surface area contributed by atoms with Crippen molar-refractivity contribution in [2.24, 2.45) is 5.10 Å². The fourth-order valence-electron chi connectivity index (χ4n) is 2.94. The van der Waals surface area contributed by atoms with E-state index in [9.17, 15) is 13.2 Å². The number of nitrogens with one attached hydrogen (secondary N) is 1. The minimum atomic E-state index is -3.83. The third-order valence-electron chi connectivity index (χ3n) is 4.61. The Labute approximate surface area is 181 Å². The minimum Gasteiger partial charge on any atom is -0.493 e. The molecule has 0 heterocycles. The van der Waals surface area contributed by atoms with Crippen molar-refractivity contribution < 1.29 is 22.7 Å². The van der Waals surface area contributed by atoms with Crippen LogP contribution in [-0.4, -0.2) is 52.7 Å². The number of rotatable bonds is 8. The number of amides is 1. The monoisotopic (exact) mass is 441 g/mol. The standard InChI is InChI=1S/C22H23N3O5S/c1-25(31(27,28)19-10-9-17-6-4-5-7-18(17)13-19)15-22(26)24-23-14-16-8-11-20(29-2)21(12-16)30-3/h4-14H,15H2,1-3H3,(H,24,26). The first-order chi connectivity index (χ1) is 14.8. The van der Waals surface area contributed by atoms with Gasteiger partial charge < -0.3 is 9.47 Å². The fraction of sp³-hybridized carbons (Fsp3) is 0.182. The van der Waals surface area contributed by atoms with Gasteiger partial charge in [0.05, 0.1) is 31.9 Å². The van der Waals surface area contributed by atoms with Crippen molar-refractivity contribution >= 4 is 32.9 Å². The number of benzene rings is 3. The summed E-state index contributed by atoms with van der Waals surface area (Å²) in [6.07, 6.45) is 1.43. The molecule has 0 radical (unpaired) electrons. The van der Waals surface area contributed by atoms with Crippen molar-refractivity contribution in [2.45, 2.75) is 4.90 Å². The quantitative estimate of drug-likeness (QED) is 0.428. The molecular formula is C22H23N3O5S. The van der Waals surface area contributed by atoms with Crippen molar-refractivity contribution in [1.82, 2.24) is 9.73 Å². The van der Waals surface area contributed by atoms with E-state index in [2.05, 4.69) is 10.5 Å². The number of methoxy groups -OCH3 is 2. The molecule has 0 unspecified atom stereocenters. The van der Waals surface area contributed by atoms with E-state index in [4.69, 9.17) is 9.47 Å². The van der Waals surface area contributed by atoms with Crippen LogP contribution in [0.2, 0.25) is 0 Å². The second-order valence-corrected chi connectivity index (χ2v) is 8.72. The van der Waals surface area contributed by atoms with E-state index in [1.807, 2.05) is 24.3 Å². The van der Waals surface area contributed by atoms with Crippen LogP contribution in [0, 0.1) is 0 Å². The first-order valence-electron chi connectivity index (χ1n) is 9.34. The van der Waals surface area contributed by atoms with Crippen LogP contribution in [0.15, 0.2) is 70.7 Å². The molecule has 0 aliphatic carbocycles. The zero-order valence-corrected chi connectivity index (χ0v) is 18.2. The van der Waals surface area contributed by atoms with Gasteiger partial charge in [-0.25, -0.2) is 13.8 Å². The first-order valence-corrected chi connectivity index (χ1v) is 10.8. The Morgan fingerprint density at radius 3 is 2.42 bits per heavy atom. The average molecular weight is 442 g/mol. The smallest absolute Gasteiger partial charge is 0.255 e. The second-order valence-electron chi connectivity index (χ2n) is 6.68. The van der Waals surface area contributed by atoms with Gasteiger partial charge in [-0.05, 0) is 46.7 Å². The highest BCUT2D eigenvalue weighted by Crippen LogP contribution is 2.26. The fourth-order valence-corrected chi connectivity index (χ4v) is 4.11. The summed E-state index contributed by atoms with van der Waals surface area (Å²) < 4.78 is 37.0. The molecule has 0 aliphatic heterocycles. The van der Waals surface area contributed by atoms with Crippen LogP contribution in [0.3, 0.4) is 0 Å². The van der Waals surface area contributed by atoms with Crippen LogP contribution in [0.5, 0.6) is 11.5 Å². The lowest BCUT2D eigenvalue weighted by molar-refractivity contribution is -0.121. The maximum atomic E-state index is 12.8. The van der Waals surface area contributed by atoms with Crippen molar-refractivity contribution in [3.05, 3.63) is 66.2 Å². The lowest BCUT2D eigenvalue weighted by atomic mass is 10.1. The Kier molecular flexibility index (Phi) is 6.88. The molecule has 0 atom stereocenters. The zero-order chi connectivity index (χ0) is 22.4.